The molecule has 96 valence electrons. The average molecular weight is 272 g/mol. The number of hydrazine groups is 1. The summed E-state index contributed by atoms with van der Waals surface area (Å²) in [7, 11) is 0. The number of thiophene rings is 1. The minimum atomic E-state index is 0.00617. The quantitative estimate of drug-likeness (QED) is 0.563. The lowest BCUT2D eigenvalue weighted by atomic mass is 10.3. The highest BCUT2D eigenvalue weighted by Gasteiger charge is 2.05. The highest BCUT2D eigenvalue weighted by molar-refractivity contribution is 7.17. The van der Waals surface area contributed by atoms with Crippen molar-refractivity contribution in [1.29, 1.82) is 0 Å². The summed E-state index contributed by atoms with van der Waals surface area (Å²) in [5, 5.41) is 2.67. The molecule has 3 aromatic heterocycles. The van der Waals surface area contributed by atoms with Crippen molar-refractivity contribution < 1.29 is 0 Å². The Morgan fingerprint density at radius 2 is 2.26 bits per heavy atom. The minimum Gasteiger partial charge on any atom is -0.324 e. The fourth-order valence-corrected chi connectivity index (χ4v) is 2.73. The summed E-state index contributed by atoms with van der Waals surface area (Å²) < 4.78 is 2.66. The second kappa shape index (κ2) is 4.83. The largest absolute Gasteiger partial charge is 0.324 e. The van der Waals surface area contributed by atoms with Gasteiger partial charge in [0.25, 0.3) is 5.56 Å². The van der Waals surface area contributed by atoms with Gasteiger partial charge in [0.1, 0.15) is 0 Å². The van der Waals surface area contributed by atoms with Crippen LogP contribution in [0.15, 0.2) is 46.8 Å². The van der Waals surface area contributed by atoms with Gasteiger partial charge in [-0.15, -0.1) is 11.3 Å². The number of hydrogen-bond donors (Lipinski definition) is 2. The molecule has 0 radical (unpaired) electrons. The molecule has 3 N–H and O–H groups in total. The second-order valence-electron chi connectivity index (χ2n) is 4.13. The van der Waals surface area contributed by atoms with E-state index in [1.54, 1.807) is 34.4 Å². The van der Waals surface area contributed by atoms with E-state index in [0.29, 0.717) is 6.54 Å². The highest BCUT2D eigenvalue weighted by Crippen LogP contribution is 2.16. The van der Waals surface area contributed by atoms with Crippen molar-refractivity contribution in [3.05, 3.63) is 58.1 Å². The van der Waals surface area contributed by atoms with Gasteiger partial charge in [0.15, 0.2) is 0 Å². The standard InChI is InChI=1S/C13H12N4OS/c14-16-9-1-4-15-10(7-9)8-17-5-2-12-11(13(17)18)3-6-19-12/h1-7H,8,14H2,(H,15,16). The average Bonchev–Trinajstić information content (AvgIpc) is 2.91. The Morgan fingerprint density at radius 3 is 3.11 bits per heavy atom. The van der Waals surface area contributed by atoms with E-state index in [9.17, 15) is 4.79 Å². The third-order valence-corrected chi connectivity index (χ3v) is 3.79. The molecule has 3 heterocycles. The molecule has 0 atom stereocenters. The van der Waals surface area contributed by atoms with Crippen molar-refractivity contribution in [2.75, 3.05) is 5.43 Å². The number of nitrogen functional groups attached to an aromatic ring is 1. The van der Waals surface area contributed by atoms with Crippen LogP contribution in [0.1, 0.15) is 5.69 Å². The van der Waals surface area contributed by atoms with Crippen molar-refractivity contribution in [1.82, 2.24) is 9.55 Å². The molecule has 0 amide bonds. The monoisotopic (exact) mass is 272 g/mol. The van der Waals surface area contributed by atoms with Gasteiger partial charge in [-0.3, -0.25) is 15.6 Å². The lowest BCUT2D eigenvalue weighted by Gasteiger charge is -2.07. The van der Waals surface area contributed by atoms with Crippen LogP contribution in [0.25, 0.3) is 10.1 Å². The number of fused-ring (bicyclic) bond motifs is 1. The molecule has 0 unspecified atom stereocenters. The number of nitrogens with two attached hydrogens (primary N) is 1. The third kappa shape index (κ3) is 2.23. The van der Waals surface area contributed by atoms with Gasteiger partial charge in [-0.1, -0.05) is 0 Å². The molecule has 0 fully saturated rings. The molecule has 0 aliphatic heterocycles. The Labute approximate surface area is 113 Å². The topological polar surface area (TPSA) is 72.9 Å². The lowest BCUT2D eigenvalue weighted by molar-refractivity contribution is 0.748. The SMILES string of the molecule is NNc1ccnc(Cn2ccc3sccc3c2=O)c1. The fraction of sp³-hybridized carbons (Fsp3) is 0.0769. The third-order valence-electron chi connectivity index (χ3n) is 2.91. The summed E-state index contributed by atoms with van der Waals surface area (Å²) >= 11 is 1.57. The number of anilines is 1. The predicted molar refractivity (Wildman–Crippen MR) is 77.2 cm³/mol. The zero-order chi connectivity index (χ0) is 13.2. The van der Waals surface area contributed by atoms with E-state index >= 15 is 0 Å². The zero-order valence-electron chi connectivity index (χ0n) is 10.0. The molecule has 0 saturated carbocycles. The molecule has 0 bridgehead atoms. The van der Waals surface area contributed by atoms with Gasteiger partial charge in [0.05, 0.1) is 23.3 Å². The van der Waals surface area contributed by atoms with Gasteiger partial charge in [0.2, 0.25) is 0 Å². The van der Waals surface area contributed by atoms with Gasteiger partial charge >= 0.3 is 0 Å². The van der Waals surface area contributed by atoms with Gasteiger partial charge in [-0.2, -0.15) is 0 Å². The van der Waals surface area contributed by atoms with Crippen molar-refractivity contribution in [3.63, 3.8) is 0 Å². The van der Waals surface area contributed by atoms with Crippen LogP contribution in [-0.2, 0) is 6.54 Å². The van der Waals surface area contributed by atoms with Crippen molar-refractivity contribution in [2.24, 2.45) is 5.84 Å². The smallest absolute Gasteiger partial charge is 0.259 e. The number of pyridine rings is 2. The zero-order valence-corrected chi connectivity index (χ0v) is 10.9. The number of rotatable bonds is 3. The van der Waals surface area contributed by atoms with Crippen molar-refractivity contribution >= 4 is 27.1 Å². The van der Waals surface area contributed by atoms with E-state index in [2.05, 4.69) is 10.4 Å². The maximum absolute atomic E-state index is 12.2. The van der Waals surface area contributed by atoms with Crippen LogP contribution in [0.4, 0.5) is 5.69 Å². The molecule has 6 heteroatoms. The van der Waals surface area contributed by atoms with Crippen LogP contribution in [0.5, 0.6) is 0 Å². The van der Waals surface area contributed by atoms with E-state index in [4.69, 9.17) is 5.84 Å². The van der Waals surface area contributed by atoms with Gasteiger partial charge < -0.3 is 9.99 Å². The lowest BCUT2D eigenvalue weighted by Crippen LogP contribution is -2.20. The summed E-state index contributed by atoms with van der Waals surface area (Å²) in [6, 6.07) is 7.40. The molecule has 0 aliphatic carbocycles. The fourth-order valence-electron chi connectivity index (χ4n) is 1.96. The summed E-state index contributed by atoms with van der Waals surface area (Å²) in [5.41, 5.74) is 4.13. The Morgan fingerprint density at radius 1 is 1.37 bits per heavy atom. The van der Waals surface area contributed by atoms with Gasteiger partial charge in [-0.05, 0) is 29.6 Å². The van der Waals surface area contributed by atoms with Crippen LogP contribution >= 0.6 is 11.3 Å². The van der Waals surface area contributed by atoms with Crippen LogP contribution in [0.3, 0.4) is 0 Å². The number of aromatic nitrogens is 2. The molecule has 0 saturated heterocycles. The Balaban J connectivity index is 2.00. The van der Waals surface area contributed by atoms with E-state index in [0.717, 1.165) is 21.5 Å². The number of hydrogen-bond acceptors (Lipinski definition) is 5. The molecule has 0 aliphatic rings. The van der Waals surface area contributed by atoms with Gasteiger partial charge in [-0.25, -0.2) is 0 Å². The van der Waals surface area contributed by atoms with Gasteiger partial charge in [0, 0.05) is 17.1 Å². The number of nitrogens with one attached hydrogen (secondary N) is 1. The van der Waals surface area contributed by atoms with Crippen molar-refractivity contribution in [2.45, 2.75) is 6.54 Å². The van der Waals surface area contributed by atoms with Crippen LogP contribution in [-0.4, -0.2) is 9.55 Å². The number of nitrogens with zero attached hydrogens (tertiary/aromatic N) is 2. The second-order valence-corrected chi connectivity index (χ2v) is 5.08. The maximum atomic E-state index is 12.2. The molecule has 5 nitrogen and oxygen atoms in total. The van der Waals surface area contributed by atoms with E-state index in [1.807, 2.05) is 23.6 Å². The first kappa shape index (κ1) is 11.9. The van der Waals surface area contributed by atoms with E-state index in [1.165, 1.54) is 0 Å². The molecule has 3 aromatic rings. The van der Waals surface area contributed by atoms with Crippen molar-refractivity contribution in [3.8, 4) is 0 Å². The Kier molecular flexibility index (Phi) is 3.02. The molecular weight excluding hydrogens is 260 g/mol. The first-order valence-electron chi connectivity index (χ1n) is 5.76. The van der Waals surface area contributed by atoms with Crippen LogP contribution in [0.2, 0.25) is 0 Å². The summed E-state index contributed by atoms with van der Waals surface area (Å²) in [4.78, 5) is 16.5. The normalized spacial score (nSPS) is 10.8. The van der Waals surface area contributed by atoms with E-state index < -0.39 is 0 Å². The predicted octanol–water partition coefficient (Wildman–Crippen LogP) is 1.79. The highest BCUT2D eigenvalue weighted by atomic mass is 32.1. The minimum absolute atomic E-state index is 0.00617. The summed E-state index contributed by atoms with van der Waals surface area (Å²) in [6.45, 7) is 0.431. The first-order valence-corrected chi connectivity index (χ1v) is 6.64. The molecule has 19 heavy (non-hydrogen) atoms. The summed E-state index contributed by atoms with van der Waals surface area (Å²) in [6.07, 6.45) is 3.46. The first-order chi connectivity index (χ1) is 9.28. The Hall–Kier alpha value is -2.18. The molecule has 0 spiro atoms. The maximum Gasteiger partial charge on any atom is 0.259 e. The molecule has 3 rings (SSSR count). The molecular formula is C13H12N4OS. The summed E-state index contributed by atoms with van der Waals surface area (Å²) in [5.74, 6) is 5.36. The Bertz CT molecular complexity index is 777. The molecule has 0 aromatic carbocycles. The van der Waals surface area contributed by atoms with E-state index in [-0.39, 0.29) is 5.56 Å². The van der Waals surface area contributed by atoms with Crippen LogP contribution in [0, 0.1) is 0 Å². The van der Waals surface area contributed by atoms with Crippen LogP contribution < -0.4 is 16.8 Å².